The topological polar surface area (TPSA) is 26.3 Å². The summed E-state index contributed by atoms with van der Waals surface area (Å²) in [4.78, 5) is 10.9. The number of rotatable bonds is 15. The zero-order chi connectivity index (χ0) is 18.4. The fourth-order valence-electron chi connectivity index (χ4n) is 2.16. The second-order valence-corrected chi connectivity index (χ2v) is 5.87. The molecule has 0 bridgehead atoms. The molecule has 0 aromatic rings. The fourth-order valence-corrected chi connectivity index (χ4v) is 2.16. The van der Waals surface area contributed by atoms with Crippen LogP contribution in [0.1, 0.15) is 71.1 Å². The molecule has 0 aromatic heterocycles. The number of allylic oxidation sites excluding steroid dienone is 10. The Labute approximate surface area is 155 Å². The van der Waals surface area contributed by atoms with Gasteiger partial charge in [0.25, 0.3) is 0 Å². The molecule has 0 rings (SSSR count). The van der Waals surface area contributed by atoms with Gasteiger partial charge in [0.1, 0.15) is 0 Å². The fraction of sp³-hybridized carbons (Fsp3) is 0.522. The van der Waals surface area contributed by atoms with Gasteiger partial charge in [-0.2, -0.15) is 0 Å². The molecule has 0 aliphatic carbocycles. The monoisotopic (exact) mass is 344 g/mol. The van der Waals surface area contributed by atoms with Crippen LogP contribution in [0.2, 0.25) is 0 Å². The molecule has 0 fully saturated rings. The second-order valence-electron chi connectivity index (χ2n) is 5.87. The van der Waals surface area contributed by atoms with Gasteiger partial charge in [-0.1, -0.05) is 67.7 Å². The van der Waals surface area contributed by atoms with Crippen LogP contribution < -0.4 is 0 Å². The van der Waals surface area contributed by atoms with E-state index in [1.54, 1.807) is 0 Å². The molecule has 0 aromatic carbocycles. The zero-order valence-corrected chi connectivity index (χ0v) is 16.2. The summed E-state index contributed by atoms with van der Waals surface area (Å²) < 4.78 is 4.60. The third kappa shape index (κ3) is 20.1. The molecule has 0 N–H and O–H groups in total. The Morgan fingerprint density at radius 3 is 1.64 bits per heavy atom. The van der Waals surface area contributed by atoms with E-state index < -0.39 is 0 Å². The number of unbranched alkanes of at least 4 members (excludes halogenated alkanes) is 3. The van der Waals surface area contributed by atoms with Gasteiger partial charge in [0, 0.05) is 6.42 Å². The number of ether oxygens (including phenoxy) is 1. The Balaban J connectivity index is 3.40. The molecular weight excluding hydrogens is 308 g/mol. The summed E-state index contributed by atoms with van der Waals surface area (Å²) in [5.41, 5.74) is 0. The predicted molar refractivity (Wildman–Crippen MR) is 110 cm³/mol. The van der Waals surface area contributed by atoms with Crippen LogP contribution in [-0.2, 0) is 9.53 Å². The van der Waals surface area contributed by atoms with Crippen molar-refractivity contribution in [2.75, 3.05) is 7.11 Å². The second kappa shape index (κ2) is 20.2. The van der Waals surface area contributed by atoms with Gasteiger partial charge in [0.05, 0.1) is 7.11 Å². The van der Waals surface area contributed by atoms with Crippen LogP contribution in [0.3, 0.4) is 0 Å². The smallest absolute Gasteiger partial charge is 0.305 e. The summed E-state index contributed by atoms with van der Waals surface area (Å²) in [6, 6.07) is 0. The van der Waals surface area contributed by atoms with E-state index in [1.165, 1.54) is 20.0 Å². The zero-order valence-electron chi connectivity index (χ0n) is 16.2. The highest BCUT2D eigenvalue weighted by Crippen LogP contribution is 2.04. The number of hydrogen-bond acceptors (Lipinski definition) is 2. The van der Waals surface area contributed by atoms with Crippen molar-refractivity contribution in [1.29, 1.82) is 0 Å². The van der Waals surface area contributed by atoms with Gasteiger partial charge in [0.2, 0.25) is 0 Å². The molecule has 2 nitrogen and oxygen atoms in total. The molecule has 140 valence electrons. The van der Waals surface area contributed by atoms with E-state index in [2.05, 4.69) is 72.4 Å². The minimum absolute atomic E-state index is 0.135. The maximum absolute atomic E-state index is 10.9. The molecule has 0 radical (unpaired) electrons. The summed E-state index contributed by atoms with van der Waals surface area (Å²) in [5.74, 6) is -0.135. The van der Waals surface area contributed by atoms with Crippen LogP contribution in [0.15, 0.2) is 60.8 Å². The van der Waals surface area contributed by atoms with Crippen molar-refractivity contribution < 1.29 is 9.53 Å². The first-order valence-corrected chi connectivity index (χ1v) is 9.63. The summed E-state index contributed by atoms with van der Waals surface area (Å²) in [6.45, 7) is 2.16. The standard InChI is InChI=1S/C23H36O2/c1-3-4-5-6-7-8-9-10-11-12-13-14-15-16-17-18-19-20-21-22-23(24)25-2/h4-5,7-8,10-11,13-14,19-20H,3,6,9,12,15-18,21-22H2,1-2H3/b5-4-,8-7-,11-10-,14-13-,20-19-. The van der Waals surface area contributed by atoms with E-state index in [4.69, 9.17) is 0 Å². The lowest BCUT2D eigenvalue weighted by atomic mass is 10.1. The number of carbonyl (C=O) groups excluding carboxylic acids is 1. The predicted octanol–water partition coefficient (Wildman–Crippen LogP) is 6.86. The van der Waals surface area contributed by atoms with Crippen molar-refractivity contribution in [2.24, 2.45) is 0 Å². The van der Waals surface area contributed by atoms with Crippen LogP contribution in [0.4, 0.5) is 0 Å². The normalized spacial score (nSPS) is 12.6. The summed E-state index contributed by atoms with van der Waals surface area (Å²) in [5, 5.41) is 0. The molecule has 0 aliphatic heterocycles. The first-order chi connectivity index (χ1) is 12.3. The van der Waals surface area contributed by atoms with Crippen molar-refractivity contribution in [3.63, 3.8) is 0 Å². The van der Waals surface area contributed by atoms with Gasteiger partial charge in [-0.05, 0) is 57.8 Å². The van der Waals surface area contributed by atoms with Crippen molar-refractivity contribution in [1.82, 2.24) is 0 Å². The molecular formula is C23H36O2. The largest absolute Gasteiger partial charge is 0.469 e. The van der Waals surface area contributed by atoms with Crippen molar-refractivity contribution in [3.8, 4) is 0 Å². The highest BCUT2D eigenvalue weighted by Gasteiger charge is 1.95. The Morgan fingerprint density at radius 1 is 0.680 bits per heavy atom. The number of carbonyl (C=O) groups is 1. The Hall–Kier alpha value is -1.83. The lowest BCUT2D eigenvalue weighted by molar-refractivity contribution is -0.140. The van der Waals surface area contributed by atoms with Crippen LogP contribution in [-0.4, -0.2) is 13.1 Å². The lowest BCUT2D eigenvalue weighted by Gasteiger charge is -1.95. The maximum atomic E-state index is 10.9. The minimum atomic E-state index is -0.135. The van der Waals surface area contributed by atoms with Gasteiger partial charge in [-0.3, -0.25) is 4.79 Å². The lowest BCUT2D eigenvalue weighted by Crippen LogP contribution is -1.97. The Bertz CT molecular complexity index is 439. The SMILES string of the molecule is CC/C=C\C/C=C\C/C=C\C/C=C\CCCC/C=C\CCC(=O)OC. The van der Waals surface area contributed by atoms with Gasteiger partial charge in [0.15, 0.2) is 0 Å². The summed E-state index contributed by atoms with van der Waals surface area (Å²) in [6.07, 6.45) is 32.2. The van der Waals surface area contributed by atoms with Crippen LogP contribution in [0.5, 0.6) is 0 Å². The molecule has 0 saturated carbocycles. The van der Waals surface area contributed by atoms with E-state index in [0.717, 1.165) is 44.9 Å². The maximum Gasteiger partial charge on any atom is 0.305 e. The molecule has 2 heteroatoms. The first-order valence-electron chi connectivity index (χ1n) is 9.63. The van der Waals surface area contributed by atoms with E-state index >= 15 is 0 Å². The molecule has 0 amide bonds. The van der Waals surface area contributed by atoms with E-state index in [1.807, 2.05) is 0 Å². The first kappa shape index (κ1) is 23.2. The molecule has 0 aliphatic rings. The Kier molecular flexibility index (Phi) is 18.7. The van der Waals surface area contributed by atoms with Crippen LogP contribution >= 0.6 is 0 Å². The third-order valence-electron chi connectivity index (χ3n) is 3.62. The van der Waals surface area contributed by atoms with Crippen molar-refractivity contribution in [3.05, 3.63) is 60.8 Å². The molecule has 0 saturated heterocycles. The van der Waals surface area contributed by atoms with Gasteiger partial charge < -0.3 is 4.74 Å². The van der Waals surface area contributed by atoms with Crippen molar-refractivity contribution >= 4 is 5.97 Å². The minimum Gasteiger partial charge on any atom is -0.469 e. The quantitative estimate of drug-likeness (QED) is 0.184. The number of hydrogen-bond donors (Lipinski definition) is 0. The highest BCUT2D eigenvalue weighted by molar-refractivity contribution is 5.69. The van der Waals surface area contributed by atoms with Crippen LogP contribution in [0.25, 0.3) is 0 Å². The number of methoxy groups -OCH3 is 1. The van der Waals surface area contributed by atoms with E-state index in [-0.39, 0.29) is 5.97 Å². The molecule has 0 spiro atoms. The van der Waals surface area contributed by atoms with Gasteiger partial charge in [-0.15, -0.1) is 0 Å². The van der Waals surface area contributed by atoms with Gasteiger partial charge in [-0.25, -0.2) is 0 Å². The van der Waals surface area contributed by atoms with Gasteiger partial charge >= 0.3 is 5.97 Å². The molecule has 0 heterocycles. The molecule has 0 atom stereocenters. The molecule has 0 unspecified atom stereocenters. The number of esters is 1. The average molecular weight is 345 g/mol. The van der Waals surface area contributed by atoms with E-state index in [0.29, 0.717) is 6.42 Å². The molecule has 25 heavy (non-hydrogen) atoms. The van der Waals surface area contributed by atoms with E-state index in [9.17, 15) is 4.79 Å². The Morgan fingerprint density at radius 2 is 1.12 bits per heavy atom. The third-order valence-corrected chi connectivity index (χ3v) is 3.62. The summed E-state index contributed by atoms with van der Waals surface area (Å²) >= 11 is 0. The highest BCUT2D eigenvalue weighted by atomic mass is 16.5. The average Bonchev–Trinajstić information content (AvgIpc) is 2.63. The van der Waals surface area contributed by atoms with Crippen LogP contribution in [0, 0.1) is 0 Å². The van der Waals surface area contributed by atoms with Crippen molar-refractivity contribution in [2.45, 2.75) is 71.1 Å². The summed E-state index contributed by atoms with van der Waals surface area (Å²) in [7, 11) is 1.43.